The molecule has 4 nitrogen and oxygen atoms in total. The molecule has 1 aliphatic heterocycles. The molecule has 19 heavy (non-hydrogen) atoms. The molecule has 1 saturated carbocycles. The Morgan fingerprint density at radius 3 is 2.84 bits per heavy atom. The molecule has 3 atom stereocenters. The number of nitrogens with one attached hydrogen (secondary N) is 1. The summed E-state index contributed by atoms with van der Waals surface area (Å²) in [5.41, 5.74) is 5.63. The van der Waals surface area contributed by atoms with E-state index < -0.39 is 0 Å². The Morgan fingerprint density at radius 1 is 1.32 bits per heavy atom. The number of carbonyl (C=O) groups is 1. The molecule has 1 heterocycles. The largest absolute Gasteiger partial charge is 0.354 e. The number of rotatable bonds is 5. The summed E-state index contributed by atoms with van der Waals surface area (Å²) < 4.78 is 0. The Morgan fingerprint density at radius 2 is 2.16 bits per heavy atom. The lowest BCUT2D eigenvalue weighted by molar-refractivity contribution is -0.126. The van der Waals surface area contributed by atoms with Crippen molar-refractivity contribution >= 4 is 5.91 Å². The topological polar surface area (TPSA) is 58.4 Å². The molecule has 4 heteroatoms. The predicted octanol–water partition coefficient (Wildman–Crippen LogP) is 1.35. The van der Waals surface area contributed by atoms with E-state index in [0.29, 0.717) is 12.0 Å². The van der Waals surface area contributed by atoms with Crippen LogP contribution in [-0.2, 0) is 4.79 Å². The zero-order chi connectivity index (χ0) is 13.7. The summed E-state index contributed by atoms with van der Waals surface area (Å²) in [6.45, 7) is 2.75. The van der Waals surface area contributed by atoms with Crippen LogP contribution in [0.3, 0.4) is 0 Å². The van der Waals surface area contributed by atoms with Gasteiger partial charge in [0.15, 0.2) is 0 Å². The van der Waals surface area contributed by atoms with E-state index in [1.54, 1.807) is 0 Å². The Balaban J connectivity index is 1.73. The molecule has 0 aromatic rings. The maximum atomic E-state index is 12.3. The van der Waals surface area contributed by atoms with Crippen LogP contribution < -0.4 is 11.1 Å². The fraction of sp³-hybridized carbons (Fsp3) is 0.933. The molecule has 1 amide bonds. The lowest BCUT2D eigenvalue weighted by atomic mass is 9.79. The van der Waals surface area contributed by atoms with E-state index in [1.165, 1.54) is 32.2 Å². The normalized spacial score (nSPS) is 32.4. The third-order valence-corrected chi connectivity index (χ3v) is 4.91. The van der Waals surface area contributed by atoms with Crippen LogP contribution in [0.1, 0.15) is 44.9 Å². The minimum atomic E-state index is 0.233. The van der Waals surface area contributed by atoms with Crippen molar-refractivity contribution in [3.63, 3.8) is 0 Å². The zero-order valence-electron chi connectivity index (χ0n) is 12.2. The fourth-order valence-corrected chi connectivity index (χ4v) is 3.63. The third-order valence-electron chi connectivity index (χ3n) is 4.91. The fourth-order valence-electron chi connectivity index (χ4n) is 3.63. The molecule has 2 aliphatic rings. The van der Waals surface area contributed by atoms with Crippen molar-refractivity contribution in [1.82, 2.24) is 10.2 Å². The molecule has 0 bridgehead atoms. The Hall–Kier alpha value is -0.610. The average Bonchev–Trinajstić information content (AvgIpc) is 2.82. The van der Waals surface area contributed by atoms with Gasteiger partial charge in [-0.15, -0.1) is 0 Å². The minimum Gasteiger partial charge on any atom is -0.354 e. The zero-order valence-corrected chi connectivity index (χ0v) is 12.2. The van der Waals surface area contributed by atoms with Crippen LogP contribution >= 0.6 is 0 Å². The molecule has 3 N–H and O–H groups in total. The van der Waals surface area contributed by atoms with E-state index in [4.69, 9.17) is 5.73 Å². The Bertz CT molecular complexity index is 293. The van der Waals surface area contributed by atoms with Gasteiger partial charge in [0.2, 0.25) is 5.91 Å². The number of carbonyl (C=O) groups excluding carboxylic acids is 1. The molecule has 1 saturated heterocycles. The molecule has 1 aliphatic carbocycles. The first-order valence-corrected chi connectivity index (χ1v) is 7.88. The highest BCUT2D eigenvalue weighted by atomic mass is 16.1. The van der Waals surface area contributed by atoms with Crippen molar-refractivity contribution in [3.05, 3.63) is 0 Å². The van der Waals surface area contributed by atoms with Gasteiger partial charge in [-0.2, -0.15) is 0 Å². The molecule has 0 radical (unpaired) electrons. The van der Waals surface area contributed by atoms with E-state index >= 15 is 0 Å². The van der Waals surface area contributed by atoms with Gasteiger partial charge in [-0.3, -0.25) is 4.79 Å². The SMILES string of the molecule is CN1CCCC1CNC(=O)C1CCCC(CCN)C1. The number of likely N-dealkylation sites (N-methyl/N-ethyl adjacent to an activating group) is 1. The van der Waals surface area contributed by atoms with Crippen LogP contribution in [0.5, 0.6) is 0 Å². The Kier molecular flexibility index (Phi) is 5.64. The van der Waals surface area contributed by atoms with E-state index in [-0.39, 0.29) is 11.8 Å². The number of amides is 1. The molecule has 110 valence electrons. The van der Waals surface area contributed by atoms with Gasteiger partial charge in [0.1, 0.15) is 0 Å². The molecule has 0 spiro atoms. The van der Waals surface area contributed by atoms with Crippen molar-refractivity contribution in [2.24, 2.45) is 17.6 Å². The highest BCUT2D eigenvalue weighted by Crippen LogP contribution is 2.31. The highest BCUT2D eigenvalue weighted by molar-refractivity contribution is 5.78. The number of hydrogen-bond donors (Lipinski definition) is 2. The van der Waals surface area contributed by atoms with Gasteiger partial charge < -0.3 is 16.0 Å². The molecule has 3 unspecified atom stereocenters. The van der Waals surface area contributed by atoms with Gasteiger partial charge in [0.05, 0.1) is 0 Å². The standard InChI is InChI=1S/C15H29N3O/c1-18-9-3-6-14(18)11-17-15(19)13-5-2-4-12(10-13)7-8-16/h12-14H,2-11,16H2,1H3,(H,17,19). The first-order valence-electron chi connectivity index (χ1n) is 7.88. The van der Waals surface area contributed by atoms with Crippen LogP contribution in [0.2, 0.25) is 0 Å². The maximum absolute atomic E-state index is 12.3. The van der Waals surface area contributed by atoms with Gasteiger partial charge in [-0.05, 0) is 58.2 Å². The molecular formula is C15H29N3O. The lowest BCUT2D eigenvalue weighted by Gasteiger charge is -2.29. The smallest absolute Gasteiger partial charge is 0.223 e. The summed E-state index contributed by atoms with van der Waals surface area (Å²) in [6.07, 6.45) is 8.11. The Labute approximate surface area is 117 Å². The van der Waals surface area contributed by atoms with Crippen molar-refractivity contribution in [2.45, 2.75) is 51.0 Å². The number of hydrogen-bond acceptors (Lipinski definition) is 3. The van der Waals surface area contributed by atoms with E-state index in [0.717, 1.165) is 32.4 Å². The van der Waals surface area contributed by atoms with Gasteiger partial charge in [0.25, 0.3) is 0 Å². The summed E-state index contributed by atoms with van der Waals surface area (Å²) in [5.74, 6) is 1.18. The second-order valence-electron chi connectivity index (χ2n) is 6.33. The van der Waals surface area contributed by atoms with Crippen molar-refractivity contribution < 1.29 is 4.79 Å². The van der Waals surface area contributed by atoms with Crippen molar-refractivity contribution in [3.8, 4) is 0 Å². The first-order chi connectivity index (χ1) is 9.20. The van der Waals surface area contributed by atoms with Gasteiger partial charge in [0, 0.05) is 18.5 Å². The van der Waals surface area contributed by atoms with Crippen LogP contribution in [0.4, 0.5) is 0 Å². The van der Waals surface area contributed by atoms with Crippen LogP contribution in [0.25, 0.3) is 0 Å². The summed E-state index contributed by atoms with van der Waals surface area (Å²) in [5, 5.41) is 3.18. The summed E-state index contributed by atoms with van der Waals surface area (Å²) >= 11 is 0. The van der Waals surface area contributed by atoms with Crippen LogP contribution in [-0.4, -0.2) is 43.5 Å². The predicted molar refractivity (Wildman–Crippen MR) is 77.8 cm³/mol. The van der Waals surface area contributed by atoms with Crippen molar-refractivity contribution in [2.75, 3.05) is 26.7 Å². The average molecular weight is 267 g/mol. The molecule has 2 fully saturated rings. The van der Waals surface area contributed by atoms with E-state index in [1.807, 2.05) is 0 Å². The molecule has 0 aromatic carbocycles. The highest BCUT2D eigenvalue weighted by Gasteiger charge is 2.28. The second-order valence-corrected chi connectivity index (χ2v) is 6.33. The van der Waals surface area contributed by atoms with E-state index in [9.17, 15) is 4.79 Å². The molecule has 2 rings (SSSR count). The number of likely N-dealkylation sites (tertiary alicyclic amines) is 1. The third kappa shape index (κ3) is 4.18. The number of nitrogens with two attached hydrogens (primary N) is 1. The monoisotopic (exact) mass is 267 g/mol. The second kappa shape index (κ2) is 7.25. The summed E-state index contributed by atoms with van der Waals surface area (Å²) in [6, 6.07) is 0.548. The summed E-state index contributed by atoms with van der Waals surface area (Å²) in [7, 11) is 2.15. The number of nitrogens with zero attached hydrogens (tertiary/aromatic N) is 1. The minimum absolute atomic E-state index is 0.233. The first kappa shape index (κ1) is 14.8. The van der Waals surface area contributed by atoms with Gasteiger partial charge in [-0.1, -0.05) is 12.8 Å². The van der Waals surface area contributed by atoms with Gasteiger partial charge >= 0.3 is 0 Å². The van der Waals surface area contributed by atoms with E-state index in [2.05, 4.69) is 17.3 Å². The molecular weight excluding hydrogens is 238 g/mol. The lowest BCUT2D eigenvalue weighted by Crippen LogP contribution is -2.41. The molecule has 0 aromatic heterocycles. The maximum Gasteiger partial charge on any atom is 0.223 e. The van der Waals surface area contributed by atoms with Crippen LogP contribution in [0.15, 0.2) is 0 Å². The van der Waals surface area contributed by atoms with Crippen LogP contribution in [0, 0.1) is 11.8 Å². The van der Waals surface area contributed by atoms with Crippen molar-refractivity contribution in [1.29, 1.82) is 0 Å². The quantitative estimate of drug-likeness (QED) is 0.790. The summed E-state index contributed by atoms with van der Waals surface area (Å²) in [4.78, 5) is 14.6. The van der Waals surface area contributed by atoms with Gasteiger partial charge in [-0.25, -0.2) is 0 Å².